The van der Waals surface area contributed by atoms with Crippen LogP contribution < -0.4 is 4.74 Å². The van der Waals surface area contributed by atoms with Crippen molar-refractivity contribution in [2.75, 3.05) is 0 Å². The topological polar surface area (TPSA) is 79.1 Å². The van der Waals surface area contributed by atoms with Crippen molar-refractivity contribution in [1.82, 2.24) is 20.2 Å². The molecule has 140 valence electrons. The number of carbonyl (C=O) groups excluding carboxylic acids is 1. The van der Waals surface area contributed by atoms with Crippen LogP contribution >= 0.6 is 11.6 Å². The summed E-state index contributed by atoms with van der Waals surface area (Å²) in [5.74, 6) is 0.461. The third kappa shape index (κ3) is 5.04. The minimum absolute atomic E-state index is 0.00263. The summed E-state index contributed by atoms with van der Waals surface area (Å²) in [6, 6.07) is 14.3. The second kappa shape index (κ2) is 9.14. The number of nitrogens with zero attached hydrogens (tertiary/aromatic N) is 4. The first-order valence-corrected chi connectivity index (χ1v) is 8.93. The Morgan fingerprint density at radius 1 is 1.11 bits per heavy atom. The molecule has 0 spiro atoms. The molecule has 27 heavy (non-hydrogen) atoms. The molecule has 0 unspecified atom stereocenters. The quantitative estimate of drug-likeness (QED) is 0.549. The Bertz CT molecular complexity index is 896. The average Bonchev–Trinajstić information content (AvgIpc) is 3.13. The van der Waals surface area contributed by atoms with Gasteiger partial charge in [-0.2, -0.15) is 0 Å². The van der Waals surface area contributed by atoms with Gasteiger partial charge in [0.15, 0.2) is 12.4 Å². The number of aryl methyl sites for hydroxylation is 1. The molecule has 1 aromatic heterocycles. The first-order valence-electron chi connectivity index (χ1n) is 8.56. The number of halogens is 1. The first kappa shape index (κ1) is 18.8. The molecule has 0 amide bonds. The van der Waals surface area contributed by atoms with E-state index >= 15 is 0 Å². The third-order valence-corrected chi connectivity index (χ3v) is 4.04. The predicted octanol–water partition coefficient (Wildman–Crippen LogP) is 3.67. The lowest BCUT2D eigenvalue weighted by Gasteiger charge is -2.11. The van der Waals surface area contributed by atoms with Crippen molar-refractivity contribution in [3.8, 4) is 5.75 Å². The number of aromatic nitrogens is 4. The minimum Gasteiger partial charge on any atom is -0.488 e. The largest absolute Gasteiger partial charge is 0.488 e. The normalized spacial score (nSPS) is 10.6. The first-order chi connectivity index (χ1) is 13.2. The molecule has 0 N–H and O–H groups in total. The monoisotopic (exact) mass is 386 g/mol. The van der Waals surface area contributed by atoms with Gasteiger partial charge >= 0.3 is 5.97 Å². The van der Waals surface area contributed by atoms with Crippen molar-refractivity contribution in [3.05, 3.63) is 70.5 Å². The average molecular weight is 387 g/mol. The van der Waals surface area contributed by atoms with Crippen LogP contribution in [0.4, 0.5) is 0 Å². The standard InChI is InChI=1S/C19H19ClN4O3/c1-2-11-24-18(21-22-23-24)13-27-19(25)16-5-3-4-6-17(16)26-12-14-7-9-15(20)10-8-14/h3-10H,2,11-13H2,1H3. The van der Waals surface area contributed by atoms with Crippen LogP contribution in [0.15, 0.2) is 48.5 Å². The van der Waals surface area contributed by atoms with Crippen molar-refractivity contribution in [2.24, 2.45) is 0 Å². The Kier molecular flexibility index (Phi) is 6.38. The molecular weight excluding hydrogens is 368 g/mol. The SMILES string of the molecule is CCCn1nnnc1COC(=O)c1ccccc1OCc1ccc(Cl)cc1. The van der Waals surface area contributed by atoms with Gasteiger partial charge in [0.1, 0.15) is 17.9 Å². The van der Waals surface area contributed by atoms with Gasteiger partial charge in [-0.15, -0.1) is 5.10 Å². The molecule has 2 aromatic carbocycles. The van der Waals surface area contributed by atoms with Gasteiger partial charge < -0.3 is 9.47 Å². The molecule has 0 aliphatic heterocycles. The summed E-state index contributed by atoms with van der Waals surface area (Å²) in [6.07, 6.45) is 0.882. The van der Waals surface area contributed by atoms with Crippen LogP contribution in [-0.2, 0) is 24.5 Å². The molecule has 3 aromatic rings. The summed E-state index contributed by atoms with van der Waals surface area (Å²) in [5, 5.41) is 12.0. The Labute approximate surface area is 161 Å². The molecule has 3 rings (SSSR count). The van der Waals surface area contributed by atoms with Crippen molar-refractivity contribution in [3.63, 3.8) is 0 Å². The molecule has 0 saturated heterocycles. The Morgan fingerprint density at radius 2 is 1.89 bits per heavy atom. The number of para-hydroxylation sites is 1. The van der Waals surface area contributed by atoms with Gasteiger partial charge in [0, 0.05) is 11.6 Å². The van der Waals surface area contributed by atoms with Crippen molar-refractivity contribution >= 4 is 17.6 Å². The van der Waals surface area contributed by atoms with E-state index in [2.05, 4.69) is 15.5 Å². The lowest BCUT2D eigenvalue weighted by molar-refractivity contribution is 0.0451. The van der Waals surface area contributed by atoms with Crippen LogP contribution in [0.1, 0.15) is 35.1 Å². The number of ether oxygens (including phenoxy) is 2. The van der Waals surface area contributed by atoms with Crippen LogP contribution in [-0.4, -0.2) is 26.2 Å². The second-order valence-electron chi connectivity index (χ2n) is 5.81. The molecule has 0 bridgehead atoms. The van der Waals surface area contributed by atoms with Gasteiger partial charge in [-0.1, -0.05) is 42.8 Å². The zero-order valence-electron chi connectivity index (χ0n) is 14.8. The molecule has 0 fully saturated rings. The number of rotatable bonds is 8. The number of hydrogen-bond donors (Lipinski definition) is 0. The van der Waals surface area contributed by atoms with Crippen LogP contribution in [0.3, 0.4) is 0 Å². The van der Waals surface area contributed by atoms with Crippen LogP contribution in [0.25, 0.3) is 0 Å². The fraction of sp³-hybridized carbons (Fsp3) is 0.263. The highest BCUT2D eigenvalue weighted by Crippen LogP contribution is 2.21. The highest BCUT2D eigenvalue weighted by molar-refractivity contribution is 6.30. The van der Waals surface area contributed by atoms with Crippen LogP contribution in [0, 0.1) is 0 Å². The minimum atomic E-state index is -0.493. The smallest absolute Gasteiger partial charge is 0.342 e. The summed E-state index contributed by atoms with van der Waals surface area (Å²) in [5.41, 5.74) is 1.29. The molecule has 0 atom stereocenters. The Hall–Kier alpha value is -2.93. The molecule has 7 nitrogen and oxygen atoms in total. The summed E-state index contributed by atoms with van der Waals surface area (Å²) >= 11 is 5.89. The van der Waals surface area contributed by atoms with Gasteiger partial charge in [0.05, 0.1) is 0 Å². The van der Waals surface area contributed by atoms with Gasteiger partial charge in [-0.05, 0) is 46.7 Å². The second-order valence-corrected chi connectivity index (χ2v) is 6.24. The third-order valence-electron chi connectivity index (χ3n) is 3.79. The van der Waals surface area contributed by atoms with Gasteiger partial charge in [-0.25, -0.2) is 9.48 Å². The summed E-state index contributed by atoms with van der Waals surface area (Å²) in [6.45, 7) is 3.00. The van der Waals surface area contributed by atoms with E-state index in [1.54, 1.807) is 41.1 Å². The van der Waals surface area contributed by atoms with E-state index in [4.69, 9.17) is 21.1 Å². The molecule has 0 radical (unpaired) electrons. The van der Waals surface area contributed by atoms with Gasteiger partial charge in [0.25, 0.3) is 0 Å². The van der Waals surface area contributed by atoms with E-state index in [1.165, 1.54) is 0 Å². The maximum absolute atomic E-state index is 12.5. The highest BCUT2D eigenvalue weighted by atomic mass is 35.5. The number of esters is 1. The summed E-state index contributed by atoms with van der Waals surface area (Å²) in [7, 11) is 0. The van der Waals surface area contributed by atoms with Crippen molar-refractivity contribution in [1.29, 1.82) is 0 Å². The molecule has 0 aliphatic rings. The van der Waals surface area contributed by atoms with E-state index in [0.717, 1.165) is 12.0 Å². The summed E-state index contributed by atoms with van der Waals surface area (Å²) < 4.78 is 12.8. The maximum Gasteiger partial charge on any atom is 0.342 e. The van der Waals surface area contributed by atoms with Gasteiger partial charge in [-0.3, -0.25) is 0 Å². The fourth-order valence-corrected chi connectivity index (χ4v) is 2.55. The zero-order chi connectivity index (χ0) is 19.1. The molecule has 8 heteroatoms. The zero-order valence-corrected chi connectivity index (χ0v) is 15.6. The fourth-order valence-electron chi connectivity index (χ4n) is 2.42. The molecule has 0 saturated carbocycles. The van der Waals surface area contributed by atoms with E-state index in [1.807, 2.05) is 19.1 Å². The highest BCUT2D eigenvalue weighted by Gasteiger charge is 2.16. The number of tetrazole rings is 1. The van der Waals surface area contributed by atoms with E-state index in [-0.39, 0.29) is 6.61 Å². The predicted molar refractivity (Wildman–Crippen MR) is 99.5 cm³/mol. The Morgan fingerprint density at radius 3 is 2.67 bits per heavy atom. The summed E-state index contributed by atoms with van der Waals surface area (Å²) in [4.78, 5) is 12.5. The molecule has 0 aliphatic carbocycles. The van der Waals surface area contributed by atoms with Crippen molar-refractivity contribution in [2.45, 2.75) is 33.1 Å². The number of carbonyl (C=O) groups is 1. The van der Waals surface area contributed by atoms with E-state index < -0.39 is 5.97 Å². The van der Waals surface area contributed by atoms with Gasteiger partial charge in [0.2, 0.25) is 0 Å². The number of benzene rings is 2. The Balaban J connectivity index is 1.64. The lowest BCUT2D eigenvalue weighted by atomic mass is 10.2. The van der Waals surface area contributed by atoms with Crippen LogP contribution in [0.5, 0.6) is 5.75 Å². The van der Waals surface area contributed by atoms with Crippen molar-refractivity contribution < 1.29 is 14.3 Å². The van der Waals surface area contributed by atoms with Crippen LogP contribution in [0.2, 0.25) is 5.02 Å². The van der Waals surface area contributed by atoms with E-state index in [0.29, 0.717) is 35.3 Å². The maximum atomic E-state index is 12.5. The molecule has 1 heterocycles. The molecular formula is C19H19ClN4O3. The lowest BCUT2D eigenvalue weighted by Crippen LogP contribution is -2.12. The number of hydrogen-bond acceptors (Lipinski definition) is 6. The van der Waals surface area contributed by atoms with E-state index in [9.17, 15) is 4.79 Å².